The summed E-state index contributed by atoms with van der Waals surface area (Å²) in [5.41, 5.74) is 8.56. The van der Waals surface area contributed by atoms with Crippen LogP contribution in [0.3, 0.4) is 0 Å². The van der Waals surface area contributed by atoms with Crippen molar-refractivity contribution in [3.63, 3.8) is 0 Å². The Labute approximate surface area is 110 Å². The van der Waals surface area contributed by atoms with Crippen molar-refractivity contribution in [3.8, 4) is 0 Å². The molecule has 1 fully saturated rings. The molecule has 0 saturated carbocycles. The zero-order valence-corrected chi connectivity index (χ0v) is 12.1. The minimum absolute atomic E-state index is 0.327. The molecule has 0 aromatic carbocycles. The van der Waals surface area contributed by atoms with Crippen molar-refractivity contribution in [2.75, 3.05) is 13.1 Å². The van der Waals surface area contributed by atoms with Gasteiger partial charge < -0.3 is 5.73 Å². The molecule has 1 aliphatic heterocycles. The second-order valence-corrected chi connectivity index (χ2v) is 5.70. The van der Waals surface area contributed by atoms with Crippen LogP contribution in [0.5, 0.6) is 0 Å². The van der Waals surface area contributed by atoms with E-state index in [0.29, 0.717) is 18.6 Å². The molecular weight excluding hydrogens is 224 g/mol. The lowest BCUT2D eigenvalue weighted by Crippen LogP contribution is -2.36. The fraction of sp³-hybridized carbons (Fsp3) is 0.786. The molecule has 1 aromatic heterocycles. The third-order valence-electron chi connectivity index (χ3n) is 4.09. The molecule has 0 aliphatic carbocycles. The van der Waals surface area contributed by atoms with Gasteiger partial charge in [0.15, 0.2) is 0 Å². The first-order valence-electron chi connectivity index (χ1n) is 7.05. The number of nitrogens with two attached hydrogens (primary N) is 1. The van der Waals surface area contributed by atoms with Gasteiger partial charge in [0.25, 0.3) is 0 Å². The van der Waals surface area contributed by atoms with E-state index in [4.69, 9.17) is 5.73 Å². The van der Waals surface area contributed by atoms with E-state index in [0.717, 1.165) is 18.9 Å². The average Bonchev–Trinajstić information content (AvgIpc) is 2.84. The van der Waals surface area contributed by atoms with E-state index in [1.54, 1.807) is 0 Å². The zero-order valence-electron chi connectivity index (χ0n) is 12.1. The molecule has 4 heteroatoms. The number of hydrogen-bond donors (Lipinski definition) is 1. The number of likely N-dealkylation sites (tertiary alicyclic amines) is 1. The van der Waals surface area contributed by atoms with Crippen molar-refractivity contribution in [1.82, 2.24) is 14.7 Å². The molecule has 2 heterocycles. The van der Waals surface area contributed by atoms with Gasteiger partial charge in [0.2, 0.25) is 0 Å². The zero-order chi connectivity index (χ0) is 13.3. The number of aryl methyl sites for hydroxylation is 2. The first-order valence-corrected chi connectivity index (χ1v) is 7.05. The summed E-state index contributed by atoms with van der Waals surface area (Å²) in [6, 6.07) is 0.951. The van der Waals surface area contributed by atoms with Crippen molar-refractivity contribution >= 4 is 0 Å². The quantitative estimate of drug-likeness (QED) is 0.885. The Morgan fingerprint density at radius 2 is 2.22 bits per heavy atom. The highest BCUT2D eigenvalue weighted by Crippen LogP contribution is 2.32. The van der Waals surface area contributed by atoms with Crippen LogP contribution in [-0.4, -0.2) is 33.8 Å². The average molecular weight is 250 g/mol. The van der Waals surface area contributed by atoms with Crippen LogP contribution in [0, 0.1) is 5.92 Å². The summed E-state index contributed by atoms with van der Waals surface area (Å²) in [7, 11) is 1.99. The van der Waals surface area contributed by atoms with E-state index in [9.17, 15) is 0 Å². The Bertz CT molecular complexity index is 398. The van der Waals surface area contributed by atoms with E-state index < -0.39 is 0 Å². The molecule has 1 aliphatic rings. The smallest absolute Gasteiger partial charge is 0.0670 e. The minimum Gasteiger partial charge on any atom is -0.329 e. The lowest BCUT2D eigenvalue weighted by molar-refractivity contribution is 0.191. The third-order valence-corrected chi connectivity index (χ3v) is 4.09. The van der Waals surface area contributed by atoms with E-state index >= 15 is 0 Å². The van der Waals surface area contributed by atoms with Crippen molar-refractivity contribution in [2.24, 2.45) is 18.7 Å². The van der Waals surface area contributed by atoms with Crippen molar-refractivity contribution in [1.29, 1.82) is 0 Å². The van der Waals surface area contributed by atoms with E-state index in [1.165, 1.54) is 17.7 Å². The summed E-state index contributed by atoms with van der Waals surface area (Å²) in [5, 5.41) is 4.55. The maximum Gasteiger partial charge on any atom is 0.0670 e. The molecule has 0 radical (unpaired) electrons. The molecule has 4 nitrogen and oxygen atoms in total. The van der Waals surface area contributed by atoms with E-state index in [-0.39, 0.29) is 0 Å². The van der Waals surface area contributed by atoms with Crippen LogP contribution < -0.4 is 5.73 Å². The lowest BCUT2D eigenvalue weighted by Gasteiger charge is -2.30. The maximum atomic E-state index is 6.05. The summed E-state index contributed by atoms with van der Waals surface area (Å²) in [5.74, 6) is 0.774. The van der Waals surface area contributed by atoms with Crippen LogP contribution in [-0.2, 0) is 13.5 Å². The van der Waals surface area contributed by atoms with Gasteiger partial charge in [-0.2, -0.15) is 5.10 Å². The number of rotatable bonds is 4. The highest BCUT2D eigenvalue weighted by atomic mass is 15.3. The fourth-order valence-corrected chi connectivity index (χ4v) is 3.31. The molecule has 0 spiro atoms. The van der Waals surface area contributed by atoms with Gasteiger partial charge in [0.05, 0.1) is 11.7 Å². The van der Waals surface area contributed by atoms with Gasteiger partial charge in [-0.25, -0.2) is 0 Å². The van der Waals surface area contributed by atoms with Gasteiger partial charge in [-0.1, -0.05) is 13.8 Å². The molecule has 0 amide bonds. The Hall–Kier alpha value is -0.870. The summed E-state index contributed by atoms with van der Waals surface area (Å²) >= 11 is 0. The van der Waals surface area contributed by atoms with Gasteiger partial charge in [0, 0.05) is 37.9 Å². The monoisotopic (exact) mass is 250 g/mol. The SMILES string of the molecule is CCc1nn(C)cc1C(CN)N1CC(C)CC1C. The number of aromatic nitrogens is 2. The van der Waals surface area contributed by atoms with Gasteiger partial charge in [0.1, 0.15) is 0 Å². The van der Waals surface area contributed by atoms with E-state index in [1.807, 2.05) is 11.7 Å². The molecular formula is C14H26N4. The third kappa shape index (κ3) is 2.45. The number of nitrogens with zero attached hydrogens (tertiary/aromatic N) is 3. The predicted octanol–water partition coefficient (Wildman–Crippen LogP) is 1.71. The van der Waals surface area contributed by atoms with Crippen LogP contribution >= 0.6 is 0 Å². The summed E-state index contributed by atoms with van der Waals surface area (Å²) in [4.78, 5) is 2.56. The van der Waals surface area contributed by atoms with E-state index in [2.05, 4.69) is 37.0 Å². The van der Waals surface area contributed by atoms with Crippen molar-refractivity contribution in [2.45, 2.75) is 45.7 Å². The van der Waals surface area contributed by atoms with Crippen molar-refractivity contribution in [3.05, 3.63) is 17.5 Å². The van der Waals surface area contributed by atoms with Crippen LogP contribution in [0.2, 0.25) is 0 Å². The highest BCUT2D eigenvalue weighted by molar-refractivity contribution is 5.22. The first kappa shape index (κ1) is 13.6. The van der Waals surface area contributed by atoms with Crippen LogP contribution in [0.1, 0.15) is 44.5 Å². The summed E-state index contributed by atoms with van der Waals surface area (Å²) < 4.78 is 1.92. The molecule has 0 bridgehead atoms. The normalized spacial score (nSPS) is 26.7. The van der Waals surface area contributed by atoms with Crippen LogP contribution in [0.15, 0.2) is 6.20 Å². The van der Waals surface area contributed by atoms with Gasteiger partial charge in [-0.15, -0.1) is 0 Å². The largest absolute Gasteiger partial charge is 0.329 e. The number of hydrogen-bond acceptors (Lipinski definition) is 3. The molecule has 1 saturated heterocycles. The molecule has 18 heavy (non-hydrogen) atoms. The summed E-state index contributed by atoms with van der Waals surface area (Å²) in [6.45, 7) is 8.63. The Balaban J connectivity index is 2.27. The van der Waals surface area contributed by atoms with Gasteiger partial charge in [-0.3, -0.25) is 9.58 Å². The lowest BCUT2D eigenvalue weighted by atomic mass is 10.0. The Morgan fingerprint density at radius 1 is 1.50 bits per heavy atom. The minimum atomic E-state index is 0.327. The van der Waals surface area contributed by atoms with Crippen molar-refractivity contribution < 1.29 is 0 Å². The second-order valence-electron chi connectivity index (χ2n) is 5.70. The second kappa shape index (κ2) is 5.41. The molecule has 2 N–H and O–H groups in total. The fourth-order valence-electron chi connectivity index (χ4n) is 3.31. The maximum absolute atomic E-state index is 6.05. The van der Waals surface area contributed by atoms with Gasteiger partial charge in [-0.05, 0) is 25.7 Å². The Morgan fingerprint density at radius 3 is 2.72 bits per heavy atom. The Kier molecular flexibility index (Phi) is 4.07. The molecule has 102 valence electrons. The predicted molar refractivity (Wildman–Crippen MR) is 74.3 cm³/mol. The summed E-state index contributed by atoms with van der Waals surface area (Å²) in [6.07, 6.45) is 4.40. The van der Waals surface area contributed by atoms with Crippen LogP contribution in [0.4, 0.5) is 0 Å². The topological polar surface area (TPSA) is 47.1 Å². The standard InChI is InChI=1S/C14H26N4/c1-5-13-12(9-17(4)16-13)14(7-15)18-8-10(2)6-11(18)3/h9-11,14H,5-8,15H2,1-4H3. The highest BCUT2D eigenvalue weighted by Gasteiger charge is 2.33. The van der Waals surface area contributed by atoms with Crippen LogP contribution in [0.25, 0.3) is 0 Å². The van der Waals surface area contributed by atoms with Gasteiger partial charge >= 0.3 is 0 Å². The molecule has 1 aromatic rings. The molecule has 3 unspecified atom stereocenters. The molecule has 2 rings (SSSR count). The first-order chi connectivity index (χ1) is 8.56. The molecule has 3 atom stereocenters.